The maximum atomic E-state index is 11.1. The number of halogens is 1. The summed E-state index contributed by atoms with van der Waals surface area (Å²) in [7, 11) is 1.02. The number of nitro benzene ring substituents is 1. The molecule has 1 rings (SSSR count). The van der Waals surface area contributed by atoms with Gasteiger partial charge in [0.2, 0.25) is 0 Å². The fourth-order valence-corrected chi connectivity index (χ4v) is 1.53. The Hall–Kier alpha value is -1.70. The number of benzene rings is 1. The molecular formula is C10H10ClNO6. The van der Waals surface area contributed by atoms with Crippen molar-refractivity contribution in [2.45, 2.75) is 12.2 Å². The predicted octanol–water partition coefficient (Wildman–Crippen LogP) is 0.815. The summed E-state index contributed by atoms with van der Waals surface area (Å²) in [6.45, 7) is 0. The largest absolute Gasteiger partial charge is 0.467 e. The second kappa shape index (κ2) is 5.76. The summed E-state index contributed by atoms with van der Waals surface area (Å²) in [5.41, 5.74) is -0.708. The lowest BCUT2D eigenvalue weighted by atomic mass is 10.0. The van der Waals surface area contributed by atoms with E-state index in [9.17, 15) is 25.1 Å². The molecule has 2 N–H and O–H groups in total. The molecule has 0 spiro atoms. The molecule has 2 unspecified atom stereocenters. The Kier molecular flexibility index (Phi) is 4.60. The highest BCUT2D eigenvalue weighted by molar-refractivity contribution is 6.30. The van der Waals surface area contributed by atoms with Gasteiger partial charge in [0.05, 0.1) is 17.6 Å². The highest BCUT2D eigenvalue weighted by Gasteiger charge is 2.31. The molecule has 2 atom stereocenters. The summed E-state index contributed by atoms with van der Waals surface area (Å²) in [5, 5.41) is 30.1. The second-order valence-electron chi connectivity index (χ2n) is 3.37. The molecule has 98 valence electrons. The van der Waals surface area contributed by atoms with Crippen LogP contribution in [-0.4, -0.2) is 34.3 Å². The van der Waals surface area contributed by atoms with Crippen LogP contribution >= 0.6 is 11.6 Å². The predicted molar refractivity (Wildman–Crippen MR) is 61.1 cm³/mol. The molecule has 0 bridgehead atoms. The number of methoxy groups -OCH3 is 1. The number of hydrogen-bond acceptors (Lipinski definition) is 6. The van der Waals surface area contributed by atoms with Crippen molar-refractivity contribution in [3.8, 4) is 0 Å². The van der Waals surface area contributed by atoms with Crippen LogP contribution in [0.4, 0.5) is 5.69 Å². The minimum atomic E-state index is -1.92. The molecule has 0 radical (unpaired) electrons. The summed E-state index contributed by atoms with van der Waals surface area (Å²) >= 11 is 5.65. The van der Waals surface area contributed by atoms with Gasteiger partial charge in [-0.1, -0.05) is 11.6 Å². The van der Waals surface area contributed by atoms with Crippen molar-refractivity contribution in [1.82, 2.24) is 0 Å². The number of aliphatic hydroxyl groups is 2. The number of ether oxygens (including phenoxy) is 1. The SMILES string of the molecule is COC(=O)C(O)C(O)c1cc(Cl)ccc1[N+](=O)[O-]. The zero-order valence-corrected chi connectivity index (χ0v) is 10.00. The van der Waals surface area contributed by atoms with Gasteiger partial charge in [-0.3, -0.25) is 10.1 Å². The van der Waals surface area contributed by atoms with Gasteiger partial charge < -0.3 is 14.9 Å². The molecule has 7 nitrogen and oxygen atoms in total. The van der Waals surface area contributed by atoms with E-state index in [-0.39, 0.29) is 10.6 Å². The van der Waals surface area contributed by atoms with Crippen LogP contribution in [0.2, 0.25) is 5.02 Å². The van der Waals surface area contributed by atoms with Gasteiger partial charge in [0.1, 0.15) is 6.10 Å². The molecule has 0 saturated heterocycles. The zero-order valence-electron chi connectivity index (χ0n) is 9.24. The third kappa shape index (κ3) is 2.95. The van der Waals surface area contributed by atoms with Gasteiger partial charge in [0, 0.05) is 11.1 Å². The maximum Gasteiger partial charge on any atom is 0.337 e. The lowest BCUT2D eigenvalue weighted by Gasteiger charge is -2.16. The van der Waals surface area contributed by atoms with E-state index in [1.54, 1.807) is 0 Å². The third-order valence-corrected chi connectivity index (χ3v) is 2.48. The molecular weight excluding hydrogens is 266 g/mol. The van der Waals surface area contributed by atoms with Crippen LogP contribution in [0.5, 0.6) is 0 Å². The molecule has 0 amide bonds. The molecule has 0 aliphatic carbocycles. The molecule has 0 fully saturated rings. The topological polar surface area (TPSA) is 110 Å². The first-order valence-corrected chi connectivity index (χ1v) is 5.14. The first kappa shape index (κ1) is 14.4. The first-order valence-electron chi connectivity index (χ1n) is 4.76. The molecule has 0 saturated carbocycles. The Balaban J connectivity index is 3.18. The number of esters is 1. The van der Waals surface area contributed by atoms with Gasteiger partial charge in [-0.05, 0) is 12.1 Å². The lowest BCUT2D eigenvalue weighted by Crippen LogP contribution is -2.29. The average Bonchev–Trinajstić information content (AvgIpc) is 2.35. The number of rotatable bonds is 4. The minimum Gasteiger partial charge on any atom is -0.467 e. The summed E-state index contributed by atoms with van der Waals surface area (Å²) in [6.07, 6.45) is -3.72. The van der Waals surface area contributed by atoms with Gasteiger partial charge in [-0.25, -0.2) is 4.79 Å². The van der Waals surface area contributed by atoms with Crippen molar-refractivity contribution >= 4 is 23.3 Å². The fourth-order valence-electron chi connectivity index (χ4n) is 1.35. The molecule has 18 heavy (non-hydrogen) atoms. The van der Waals surface area contributed by atoms with Gasteiger partial charge in [0.25, 0.3) is 5.69 Å². The van der Waals surface area contributed by atoms with Crippen LogP contribution in [0, 0.1) is 10.1 Å². The van der Waals surface area contributed by atoms with Crippen molar-refractivity contribution in [1.29, 1.82) is 0 Å². The highest BCUT2D eigenvalue weighted by atomic mass is 35.5. The number of carbonyl (C=O) groups is 1. The van der Waals surface area contributed by atoms with E-state index in [0.29, 0.717) is 0 Å². The van der Waals surface area contributed by atoms with E-state index in [4.69, 9.17) is 11.6 Å². The quantitative estimate of drug-likeness (QED) is 0.478. The molecule has 0 aromatic heterocycles. The Morgan fingerprint density at radius 2 is 2.11 bits per heavy atom. The van der Waals surface area contributed by atoms with Gasteiger partial charge in [-0.15, -0.1) is 0 Å². The van der Waals surface area contributed by atoms with E-state index < -0.39 is 28.8 Å². The number of aliphatic hydroxyl groups excluding tert-OH is 2. The lowest BCUT2D eigenvalue weighted by molar-refractivity contribution is -0.386. The fraction of sp³-hybridized carbons (Fsp3) is 0.300. The Morgan fingerprint density at radius 1 is 1.50 bits per heavy atom. The standard InChI is InChI=1S/C10H10ClNO6/c1-18-10(15)9(14)8(13)6-4-5(11)2-3-7(6)12(16)17/h2-4,8-9,13-14H,1H3. The van der Waals surface area contributed by atoms with Gasteiger partial charge >= 0.3 is 5.97 Å². The van der Waals surface area contributed by atoms with Crippen LogP contribution < -0.4 is 0 Å². The molecule has 0 aliphatic heterocycles. The maximum absolute atomic E-state index is 11.1. The Bertz CT molecular complexity index is 477. The normalized spacial score (nSPS) is 13.8. The second-order valence-corrected chi connectivity index (χ2v) is 3.81. The highest BCUT2D eigenvalue weighted by Crippen LogP contribution is 2.30. The first-order chi connectivity index (χ1) is 8.38. The van der Waals surface area contributed by atoms with Crippen molar-refractivity contribution in [3.63, 3.8) is 0 Å². The van der Waals surface area contributed by atoms with Crippen LogP contribution in [0.25, 0.3) is 0 Å². The molecule has 8 heteroatoms. The molecule has 0 aliphatic rings. The van der Waals surface area contributed by atoms with E-state index in [1.807, 2.05) is 0 Å². The van der Waals surface area contributed by atoms with Crippen molar-refractivity contribution in [2.75, 3.05) is 7.11 Å². The van der Waals surface area contributed by atoms with E-state index in [0.717, 1.165) is 19.2 Å². The van der Waals surface area contributed by atoms with Gasteiger partial charge in [-0.2, -0.15) is 0 Å². The zero-order chi connectivity index (χ0) is 13.9. The van der Waals surface area contributed by atoms with Crippen molar-refractivity contribution in [3.05, 3.63) is 38.9 Å². The summed E-state index contributed by atoms with van der Waals surface area (Å²) < 4.78 is 4.23. The Morgan fingerprint density at radius 3 is 2.61 bits per heavy atom. The molecule has 0 heterocycles. The third-order valence-electron chi connectivity index (χ3n) is 2.25. The number of nitrogens with zero attached hydrogens (tertiary/aromatic N) is 1. The minimum absolute atomic E-state index is 0.131. The molecule has 1 aromatic rings. The van der Waals surface area contributed by atoms with Crippen LogP contribution in [0.1, 0.15) is 11.7 Å². The summed E-state index contributed by atoms with van der Waals surface area (Å²) in [5.74, 6) is -1.10. The smallest absolute Gasteiger partial charge is 0.337 e. The number of carbonyl (C=O) groups excluding carboxylic acids is 1. The van der Waals surface area contributed by atoms with E-state index >= 15 is 0 Å². The number of hydrogen-bond donors (Lipinski definition) is 2. The summed E-state index contributed by atoms with van der Waals surface area (Å²) in [4.78, 5) is 21.1. The van der Waals surface area contributed by atoms with Crippen molar-refractivity contribution < 1.29 is 24.7 Å². The van der Waals surface area contributed by atoms with Gasteiger partial charge in [0.15, 0.2) is 6.10 Å². The number of nitro groups is 1. The van der Waals surface area contributed by atoms with Crippen LogP contribution in [0.3, 0.4) is 0 Å². The summed E-state index contributed by atoms with van der Waals surface area (Å²) in [6, 6.07) is 3.45. The van der Waals surface area contributed by atoms with Crippen LogP contribution in [0.15, 0.2) is 18.2 Å². The molecule has 1 aromatic carbocycles. The van der Waals surface area contributed by atoms with Crippen LogP contribution in [-0.2, 0) is 9.53 Å². The average molecular weight is 276 g/mol. The Labute approximate surface area is 107 Å². The van der Waals surface area contributed by atoms with Crippen molar-refractivity contribution in [2.24, 2.45) is 0 Å². The van der Waals surface area contributed by atoms with E-state index in [1.165, 1.54) is 6.07 Å². The van der Waals surface area contributed by atoms with E-state index in [2.05, 4.69) is 4.74 Å². The monoisotopic (exact) mass is 275 g/mol.